The second-order valence-corrected chi connectivity index (χ2v) is 16.4. The van der Waals surface area contributed by atoms with E-state index in [1.54, 1.807) is 0 Å². The van der Waals surface area contributed by atoms with Crippen LogP contribution in [0.4, 0.5) is 17.1 Å². The van der Waals surface area contributed by atoms with Gasteiger partial charge in [-0.05, 0) is 104 Å². The van der Waals surface area contributed by atoms with Crippen LogP contribution in [0.1, 0.15) is 27.7 Å². The Hall–Kier alpha value is -8.14. The standard InChI is InChI=1S/C59H36N2O/c1-2-16-37(17-3-1)60-51-28-12-7-21-42(51)43-33-32-38(36-54(43)60)61(53-29-15-31-56-58(53)46-22-8-13-30-55(46)62-56)52-35-34-50-57-44(23-14-24-45(52)57)41-20-6-11-27-49(41)59(50)47-25-9-4-18-39(47)40-19-5-10-26-48(40)59/h1-36H/i4D,9D,18D,25D. The molecule has 288 valence electrons. The molecule has 1 spiro atoms. The molecule has 0 saturated carbocycles. The Bertz CT molecular complexity index is 4080. The predicted molar refractivity (Wildman–Crippen MR) is 257 cm³/mol. The van der Waals surface area contributed by atoms with Crippen molar-refractivity contribution in [2.75, 3.05) is 4.90 Å². The molecule has 62 heavy (non-hydrogen) atoms. The van der Waals surface area contributed by atoms with Crippen molar-refractivity contribution in [1.82, 2.24) is 4.57 Å². The summed E-state index contributed by atoms with van der Waals surface area (Å²) in [4.78, 5) is 2.38. The lowest BCUT2D eigenvalue weighted by atomic mass is 9.61. The lowest BCUT2D eigenvalue weighted by Crippen LogP contribution is -2.32. The molecule has 0 N–H and O–H groups in total. The first-order valence-electron chi connectivity index (χ1n) is 23.1. The van der Waals surface area contributed by atoms with Crippen LogP contribution in [0.2, 0.25) is 0 Å². The Morgan fingerprint density at radius 2 is 1.08 bits per heavy atom. The van der Waals surface area contributed by atoms with Crippen molar-refractivity contribution in [1.29, 1.82) is 0 Å². The van der Waals surface area contributed by atoms with Crippen molar-refractivity contribution in [3.63, 3.8) is 0 Å². The first-order chi connectivity index (χ1) is 32.4. The van der Waals surface area contributed by atoms with Crippen LogP contribution in [0, 0.1) is 0 Å². The number of para-hydroxylation sites is 3. The minimum Gasteiger partial charge on any atom is -0.456 e. The molecule has 14 rings (SSSR count). The van der Waals surface area contributed by atoms with Gasteiger partial charge in [0, 0.05) is 32.9 Å². The Morgan fingerprint density at radius 1 is 0.419 bits per heavy atom. The fraction of sp³-hybridized carbons (Fsp3) is 0.0169. The third-order valence-corrected chi connectivity index (χ3v) is 13.5. The maximum Gasteiger partial charge on any atom is 0.137 e. The number of benzene rings is 10. The highest BCUT2D eigenvalue weighted by Gasteiger charge is 2.50. The van der Waals surface area contributed by atoms with Gasteiger partial charge >= 0.3 is 0 Å². The SMILES string of the molecule is [2H]c1c([2H])c([2H])c2c(c1[2H])-c1ccccc1C21c2ccccc2-c2cccc3c(N(c4ccc5c6ccccc6n(-c6ccccc6)c5c4)c4cccc5oc6ccccc6c45)ccc1c23. The Balaban J connectivity index is 1.13. The number of hydrogen-bond acceptors (Lipinski definition) is 2. The molecular formula is C59H36N2O. The quantitative estimate of drug-likeness (QED) is 0.177. The Kier molecular flexibility index (Phi) is 6.02. The number of hydrogen-bond donors (Lipinski definition) is 0. The summed E-state index contributed by atoms with van der Waals surface area (Å²) in [6.45, 7) is 0. The summed E-state index contributed by atoms with van der Waals surface area (Å²) in [6, 6.07) is 67.6. The van der Waals surface area contributed by atoms with E-state index >= 15 is 0 Å². The van der Waals surface area contributed by atoms with Gasteiger partial charge in [-0.2, -0.15) is 0 Å². The van der Waals surface area contributed by atoms with Crippen LogP contribution in [-0.2, 0) is 5.41 Å². The molecule has 10 aromatic carbocycles. The lowest BCUT2D eigenvalue weighted by Gasteiger charge is -2.40. The first kappa shape index (κ1) is 30.0. The fourth-order valence-corrected chi connectivity index (χ4v) is 11.1. The van der Waals surface area contributed by atoms with Crippen molar-refractivity contribution in [3.8, 4) is 27.9 Å². The van der Waals surface area contributed by atoms with Gasteiger partial charge in [0.25, 0.3) is 0 Å². The number of furan rings is 1. The van der Waals surface area contributed by atoms with Crippen molar-refractivity contribution in [2.24, 2.45) is 0 Å². The van der Waals surface area contributed by atoms with E-state index in [-0.39, 0.29) is 24.2 Å². The van der Waals surface area contributed by atoms with Crippen LogP contribution in [0.15, 0.2) is 223 Å². The summed E-state index contributed by atoms with van der Waals surface area (Å²) in [7, 11) is 0. The second-order valence-electron chi connectivity index (χ2n) is 16.4. The zero-order valence-corrected chi connectivity index (χ0v) is 33.3. The summed E-state index contributed by atoms with van der Waals surface area (Å²) in [5.41, 5.74) is 13.8. The molecule has 2 aliphatic rings. The first-order valence-corrected chi connectivity index (χ1v) is 21.1. The Morgan fingerprint density at radius 3 is 1.95 bits per heavy atom. The fourth-order valence-electron chi connectivity index (χ4n) is 11.1. The van der Waals surface area contributed by atoms with Gasteiger partial charge in [0.15, 0.2) is 0 Å². The van der Waals surface area contributed by atoms with E-state index in [1.807, 2.05) is 36.4 Å². The molecule has 0 aliphatic heterocycles. The number of nitrogens with zero attached hydrogens (tertiary/aromatic N) is 2. The molecular weight excluding hydrogens is 753 g/mol. The number of rotatable bonds is 4. The van der Waals surface area contributed by atoms with Crippen molar-refractivity contribution in [3.05, 3.63) is 241 Å². The number of aromatic nitrogens is 1. The van der Waals surface area contributed by atoms with Gasteiger partial charge in [0.1, 0.15) is 11.2 Å². The van der Waals surface area contributed by atoms with E-state index in [4.69, 9.17) is 7.16 Å². The highest BCUT2D eigenvalue weighted by Crippen LogP contribution is 2.62. The van der Waals surface area contributed by atoms with E-state index in [0.717, 1.165) is 105 Å². The zero-order chi connectivity index (χ0) is 44.0. The smallest absolute Gasteiger partial charge is 0.137 e. The third-order valence-electron chi connectivity index (χ3n) is 13.5. The molecule has 2 heterocycles. The maximum atomic E-state index is 9.71. The van der Waals surface area contributed by atoms with Crippen LogP contribution in [0.25, 0.3) is 82.5 Å². The lowest BCUT2D eigenvalue weighted by molar-refractivity contribution is 0.669. The summed E-state index contributed by atoms with van der Waals surface area (Å²) in [6.07, 6.45) is 0. The molecule has 12 aromatic rings. The molecule has 0 fully saturated rings. The minimum absolute atomic E-state index is 0.0177. The normalized spacial score (nSPS) is 15.7. The van der Waals surface area contributed by atoms with Crippen LogP contribution in [0.5, 0.6) is 0 Å². The number of anilines is 3. The molecule has 0 amide bonds. The minimum atomic E-state index is -1.04. The third kappa shape index (κ3) is 4.29. The van der Waals surface area contributed by atoms with Crippen LogP contribution in [-0.4, -0.2) is 4.57 Å². The van der Waals surface area contributed by atoms with Gasteiger partial charge in [-0.1, -0.05) is 164 Å². The van der Waals surface area contributed by atoms with Crippen LogP contribution < -0.4 is 4.90 Å². The Labute approximate surface area is 363 Å². The highest BCUT2D eigenvalue weighted by atomic mass is 16.3. The van der Waals surface area contributed by atoms with E-state index in [9.17, 15) is 2.74 Å². The molecule has 0 bridgehead atoms. The molecule has 1 atom stereocenters. The molecule has 0 radical (unpaired) electrons. The summed E-state index contributed by atoms with van der Waals surface area (Å²) in [5.74, 6) is 0. The molecule has 3 heteroatoms. The molecule has 0 saturated heterocycles. The molecule has 2 aromatic heterocycles. The average Bonchev–Trinajstić information content (AvgIpc) is 4.02. The van der Waals surface area contributed by atoms with Gasteiger partial charge < -0.3 is 13.9 Å². The number of fused-ring (bicyclic) bond motifs is 15. The largest absolute Gasteiger partial charge is 0.456 e. The molecule has 1 unspecified atom stereocenters. The average molecular weight is 793 g/mol. The van der Waals surface area contributed by atoms with E-state index in [0.29, 0.717) is 11.1 Å². The van der Waals surface area contributed by atoms with Gasteiger partial charge in [-0.25, -0.2) is 0 Å². The highest BCUT2D eigenvalue weighted by molar-refractivity contribution is 6.18. The van der Waals surface area contributed by atoms with Gasteiger partial charge in [-0.15, -0.1) is 0 Å². The maximum absolute atomic E-state index is 9.71. The van der Waals surface area contributed by atoms with E-state index in [1.165, 1.54) is 5.39 Å². The van der Waals surface area contributed by atoms with Gasteiger partial charge in [-0.3, -0.25) is 0 Å². The summed E-state index contributed by atoms with van der Waals surface area (Å²) < 4.78 is 45.9. The monoisotopic (exact) mass is 792 g/mol. The summed E-state index contributed by atoms with van der Waals surface area (Å²) >= 11 is 0. The van der Waals surface area contributed by atoms with E-state index < -0.39 is 5.41 Å². The topological polar surface area (TPSA) is 21.3 Å². The van der Waals surface area contributed by atoms with Crippen LogP contribution >= 0.6 is 0 Å². The van der Waals surface area contributed by atoms with Gasteiger partial charge in [0.05, 0.1) is 38.7 Å². The van der Waals surface area contributed by atoms with Crippen molar-refractivity contribution >= 4 is 71.6 Å². The van der Waals surface area contributed by atoms with Crippen LogP contribution in [0.3, 0.4) is 0 Å². The molecule has 2 aliphatic carbocycles. The zero-order valence-electron chi connectivity index (χ0n) is 37.3. The summed E-state index contributed by atoms with van der Waals surface area (Å²) in [5, 5.41) is 6.42. The van der Waals surface area contributed by atoms with Crippen molar-refractivity contribution < 1.29 is 9.90 Å². The predicted octanol–water partition coefficient (Wildman–Crippen LogP) is 15.6. The van der Waals surface area contributed by atoms with E-state index in [2.05, 4.69) is 167 Å². The molecule has 3 nitrogen and oxygen atoms in total. The second kappa shape index (κ2) is 12.4. The van der Waals surface area contributed by atoms with Crippen molar-refractivity contribution in [2.45, 2.75) is 5.41 Å². The van der Waals surface area contributed by atoms with Gasteiger partial charge in [0.2, 0.25) is 0 Å².